The second kappa shape index (κ2) is 4.06. The number of fused-ring (bicyclic) bond motifs is 1. The number of aromatic nitrogens is 3. The number of carboxylic acids is 1. The van der Waals surface area contributed by atoms with Crippen LogP contribution in [0.15, 0.2) is 18.2 Å². The Kier molecular flexibility index (Phi) is 2.52. The predicted molar refractivity (Wildman–Crippen MR) is 63.6 cm³/mol. The third kappa shape index (κ3) is 1.57. The first kappa shape index (κ1) is 11.2. The molecule has 0 aliphatic heterocycles. The van der Waals surface area contributed by atoms with Gasteiger partial charge in [0, 0.05) is 7.11 Å². The van der Waals surface area contributed by atoms with Crippen LogP contribution in [0, 0.1) is 0 Å². The number of hydrogen-bond donors (Lipinski definition) is 1. The topological polar surface area (TPSA) is 77.2 Å². The summed E-state index contributed by atoms with van der Waals surface area (Å²) in [5, 5.41) is 17.1. The third-order valence-corrected chi connectivity index (χ3v) is 3.48. The molecule has 94 valence electrons. The zero-order valence-corrected chi connectivity index (χ0v) is 9.91. The Bertz CT molecular complexity index is 602. The SMILES string of the molecule is COC1CC(n2nnc3c(C(=O)O)cccc32)C1. The summed E-state index contributed by atoms with van der Waals surface area (Å²) >= 11 is 0. The molecule has 0 radical (unpaired) electrons. The maximum Gasteiger partial charge on any atom is 0.338 e. The van der Waals surface area contributed by atoms with E-state index in [1.54, 1.807) is 23.9 Å². The number of ether oxygens (including phenoxy) is 1. The van der Waals surface area contributed by atoms with E-state index in [0.717, 1.165) is 18.4 Å². The fraction of sp³-hybridized carbons (Fsp3) is 0.417. The van der Waals surface area contributed by atoms with E-state index in [9.17, 15) is 4.79 Å². The minimum Gasteiger partial charge on any atom is -0.478 e. The number of carbonyl (C=O) groups is 1. The average Bonchev–Trinajstić information content (AvgIpc) is 2.71. The molecule has 6 heteroatoms. The van der Waals surface area contributed by atoms with Gasteiger partial charge in [0.1, 0.15) is 5.52 Å². The molecule has 0 bridgehead atoms. The van der Waals surface area contributed by atoms with Crippen molar-refractivity contribution >= 4 is 17.0 Å². The zero-order valence-electron chi connectivity index (χ0n) is 9.91. The lowest BCUT2D eigenvalue weighted by Gasteiger charge is -2.34. The van der Waals surface area contributed by atoms with E-state index in [-0.39, 0.29) is 17.7 Å². The maximum atomic E-state index is 11.1. The smallest absolute Gasteiger partial charge is 0.338 e. The van der Waals surface area contributed by atoms with Gasteiger partial charge in [0.15, 0.2) is 0 Å². The number of hydrogen-bond acceptors (Lipinski definition) is 4. The lowest BCUT2D eigenvalue weighted by Crippen LogP contribution is -2.33. The van der Waals surface area contributed by atoms with E-state index in [1.807, 2.05) is 6.07 Å². The molecule has 1 aromatic carbocycles. The number of aromatic carboxylic acids is 1. The first-order chi connectivity index (χ1) is 8.70. The molecule has 0 amide bonds. The molecule has 1 aliphatic carbocycles. The molecule has 18 heavy (non-hydrogen) atoms. The lowest BCUT2D eigenvalue weighted by molar-refractivity contribution is 0.00332. The molecule has 3 rings (SSSR count). The Hall–Kier alpha value is -1.95. The van der Waals surface area contributed by atoms with E-state index in [2.05, 4.69) is 10.3 Å². The molecule has 2 aromatic rings. The number of carboxylic acid groups (broad SMARTS) is 1. The second-order valence-corrected chi connectivity index (χ2v) is 4.50. The molecular weight excluding hydrogens is 234 g/mol. The number of nitrogens with zero attached hydrogens (tertiary/aromatic N) is 3. The Balaban J connectivity index is 2.00. The van der Waals surface area contributed by atoms with Crippen LogP contribution < -0.4 is 0 Å². The van der Waals surface area contributed by atoms with Crippen molar-refractivity contribution in [3.63, 3.8) is 0 Å². The van der Waals surface area contributed by atoms with Gasteiger partial charge in [0.05, 0.1) is 23.2 Å². The van der Waals surface area contributed by atoms with Crippen LogP contribution in [0.25, 0.3) is 11.0 Å². The average molecular weight is 247 g/mol. The van der Waals surface area contributed by atoms with Crippen LogP contribution >= 0.6 is 0 Å². The summed E-state index contributed by atoms with van der Waals surface area (Å²) in [6.07, 6.45) is 2.07. The largest absolute Gasteiger partial charge is 0.478 e. The molecule has 1 N–H and O–H groups in total. The molecule has 1 fully saturated rings. The Morgan fingerprint density at radius 2 is 2.28 bits per heavy atom. The highest BCUT2D eigenvalue weighted by Gasteiger charge is 2.32. The Labute approximate surface area is 103 Å². The molecular formula is C12H13N3O3. The van der Waals surface area contributed by atoms with Crippen molar-refractivity contribution in [2.45, 2.75) is 25.0 Å². The molecule has 1 aliphatic rings. The van der Waals surface area contributed by atoms with Gasteiger partial charge in [0.25, 0.3) is 0 Å². The van der Waals surface area contributed by atoms with Gasteiger partial charge in [-0.15, -0.1) is 5.10 Å². The van der Waals surface area contributed by atoms with Gasteiger partial charge in [0.2, 0.25) is 0 Å². The van der Waals surface area contributed by atoms with Crippen LogP contribution in [0.1, 0.15) is 29.2 Å². The first-order valence-corrected chi connectivity index (χ1v) is 5.80. The van der Waals surface area contributed by atoms with Crippen molar-refractivity contribution in [2.24, 2.45) is 0 Å². The van der Waals surface area contributed by atoms with Gasteiger partial charge in [-0.3, -0.25) is 0 Å². The van der Waals surface area contributed by atoms with Crippen molar-refractivity contribution in [1.82, 2.24) is 15.0 Å². The molecule has 1 heterocycles. The summed E-state index contributed by atoms with van der Waals surface area (Å²) in [6.45, 7) is 0. The van der Waals surface area contributed by atoms with Crippen LogP contribution in [-0.2, 0) is 4.74 Å². The Morgan fingerprint density at radius 1 is 1.50 bits per heavy atom. The molecule has 6 nitrogen and oxygen atoms in total. The fourth-order valence-corrected chi connectivity index (χ4v) is 2.33. The standard InChI is InChI=1S/C12H13N3O3/c1-18-8-5-7(6-8)15-10-4-2-3-9(12(16)17)11(10)13-14-15/h2-4,7-8H,5-6H2,1H3,(H,16,17). The monoisotopic (exact) mass is 247 g/mol. The van der Waals surface area contributed by atoms with Crippen molar-refractivity contribution < 1.29 is 14.6 Å². The third-order valence-electron chi connectivity index (χ3n) is 3.48. The molecule has 0 saturated heterocycles. The molecule has 0 atom stereocenters. The minimum atomic E-state index is -0.976. The van der Waals surface area contributed by atoms with Crippen LogP contribution in [0.4, 0.5) is 0 Å². The van der Waals surface area contributed by atoms with E-state index < -0.39 is 5.97 Å². The minimum absolute atomic E-state index is 0.196. The summed E-state index contributed by atoms with van der Waals surface area (Å²) in [4.78, 5) is 11.1. The van der Waals surface area contributed by atoms with Gasteiger partial charge in [-0.05, 0) is 25.0 Å². The molecule has 1 aromatic heterocycles. The number of benzene rings is 1. The van der Waals surface area contributed by atoms with Gasteiger partial charge in [-0.25, -0.2) is 9.48 Å². The van der Waals surface area contributed by atoms with Crippen molar-refractivity contribution in [1.29, 1.82) is 0 Å². The number of rotatable bonds is 3. The maximum absolute atomic E-state index is 11.1. The van der Waals surface area contributed by atoms with Gasteiger partial charge in [-0.1, -0.05) is 11.3 Å². The predicted octanol–water partition coefficient (Wildman–Crippen LogP) is 1.48. The number of methoxy groups -OCH3 is 1. The van der Waals surface area contributed by atoms with Crippen LogP contribution in [0.3, 0.4) is 0 Å². The fourth-order valence-electron chi connectivity index (χ4n) is 2.33. The summed E-state index contributed by atoms with van der Waals surface area (Å²) in [6, 6.07) is 5.37. The van der Waals surface area contributed by atoms with Crippen molar-refractivity contribution in [3.8, 4) is 0 Å². The van der Waals surface area contributed by atoms with E-state index in [0.29, 0.717) is 5.52 Å². The van der Waals surface area contributed by atoms with Crippen LogP contribution in [-0.4, -0.2) is 39.3 Å². The van der Waals surface area contributed by atoms with E-state index in [1.165, 1.54) is 0 Å². The normalized spacial score (nSPS) is 22.9. The quantitative estimate of drug-likeness (QED) is 0.888. The summed E-state index contributed by atoms with van der Waals surface area (Å²) in [5.74, 6) is -0.976. The van der Waals surface area contributed by atoms with Crippen LogP contribution in [0.2, 0.25) is 0 Å². The van der Waals surface area contributed by atoms with Gasteiger partial charge in [-0.2, -0.15) is 0 Å². The van der Waals surface area contributed by atoms with E-state index in [4.69, 9.17) is 9.84 Å². The molecule has 0 spiro atoms. The summed E-state index contributed by atoms with van der Waals surface area (Å²) in [7, 11) is 1.70. The van der Waals surface area contributed by atoms with Crippen molar-refractivity contribution in [3.05, 3.63) is 23.8 Å². The van der Waals surface area contributed by atoms with Gasteiger partial charge >= 0.3 is 5.97 Å². The second-order valence-electron chi connectivity index (χ2n) is 4.50. The highest BCUT2D eigenvalue weighted by molar-refractivity contribution is 6.00. The molecule has 0 unspecified atom stereocenters. The first-order valence-electron chi connectivity index (χ1n) is 5.80. The lowest BCUT2D eigenvalue weighted by atomic mass is 9.89. The zero-order chi connectivity index (χ0) is 12.7. The highest BCUT2D eigenvalue weighted by atomic mass is 16.5. The highest BCUT2D eigenvalue weighted by Crippen LogP contribution is 2.35. The van der Waals surface area contributed by atoms with Crippen LogP contribution in [0.5, 0.6) is 0 Å². The van der Waals surface area contributed by atoms with Gasteiger partial charge < -0.3 is 9.84 Å². The van der Waals surface area contributed by atoms with Crippen molar-refractivity contribution in [2.75, 3.05) is 7.11 Å². The summed E-state index contributed by atoms with van der Waals surface area (Å²) < 4.78 is 7.04. The summed E-state index contributed by atoms with van der Waals surface area (Å²) in [5.41, 5.74) is 1.42. The Morgan fingerprint density at radius 3 is 2.94 bits per heavy atom. The van der Waals surface area contributed by atoms with E-state index >= 15 is 0 Å². The molecule has 1 saturated carbocycles.